The second-order valence-electron chi connectivity index (χ2n) is 5.79. The van der Waals surface area contributed by atoms with Crippen LogP contribution in [0.5, 0.6) is 0 Å². The maximum atomic E-state index is 9.98. The zero-order valence-electron chi connectivity index (χ0n) is 11.0. The van der Waals surface area contributed by atoms with Gasteiger partial charge in [-0.25, -0.2) is 0 Å². The molecule has 1 aromatic carbocycles. The summed E-state index contributed by atoms with van der Waals surface area (Å²) in [6, 6.07) is 11.3. The lowest BCUT2D eigenvalue weighted by Gasteiger charge is -2.37. The molecule has 0 radical (unpaired) electrons. The Balaban J connectivity index is 1.58. The van der Waals surface area contributed by atoms with Crippen molar-refractivity contribution in [1.82, 2.24) is 4.90 Å². The van der Waals surface area contributed by atoms with Crippen LogP contribution in [0.4, 0.5) is 0 Å². The van der Waals surface area contributed by atoms with Gasteiger partial charge in [-0.05, 0) is 56.7 Å². The summed E-state index contributed by atoms with van der Waals surface area (Å²) in [7, 11) is 0. The summed E-state index contributed by atoms with van der Waals surface area (Å²) in [6.45, 7) is 2.31. The van der Waals surface area contributed by atoms with Gasteiger partial charge in [0.15, 0.2) is 0 Å². The quantitative estimate of drug-likeness (QED) is 0.866. The molecule has 2 fully saturated rings. The Labute approximate surface area is 110 Å². The highest BCUT2D eigenvalue weighted by Gasteiger charge is 2.33. The fourth-order valence-corrected chi connectivity index (χ4v) is 3.64. The van der Waals surface area contributed by atoms with Crippen molar-refractivity contribution in [1.29, 1.82) is 0 Å². The molecule has 1 aliphatic heterocycles. The summed E-state index contributed by atoms with van der Waals surface area (Å²) in [6.07, 6.45) is 5.81. The van der Waals surface area contributed by atoms with E-state index in [-0.39, 0.29) is 6.10 Å². The number of aliphatic hydroxyl groups excluding tert-OH is 1. The van der Waals surface area contributed by atoms with E-state index in [1.165, 1.54) is 31.2 Å². The maximum absolute atomic E-state index is 9.98. The number of aliphatic hydroxyl groups is 1. The standard InChI is InChI=1S/C16H23NO/c18-16-8-4-7-15(16)17-11-9-14(10-12-17)13-5-2-1-3-6-13/h1-3,5-6,14-16,18H,4,7-12H2/t15-,16-/m1/s1. The Morgan fingerprint density at radius 2 is 1.67 bits per heavy atom. The van der Waals surface area contributed by atoms with E-state index in [0.29, 0.717) is 6.04 Å². The third kappa shape index (κ3) is 2.45. The molecule has 1 saturated heterocycles. The third-order valence-corrected chi connectivity index (χ3v) is 4.71. The normalized spacial score (nSPS) is 30.7. The molecule has 1 N–H and O–H groups in total. The van der Waals surface area contributed by atoms with Crippen molar-refractivity contribution in [2.45, 2.75) is 50.2 Å². The number of benzene rings is 1. The first-order valence-corrected chi connectivity index (χ1v) is 7.31. The average molecular weight is 245 g/mol. The van der Waals surface area contributed by atoms with Crippen molar-refractivity contribution >= 4 is 0 Å². The molecule has 2 atom stereocenters. The Hall–Kier alpha value is -0.860. The second kappa shape index (κ2) is 5.41. The van der Waals surface area contributed by atoms with E-state index in [4.69, 9.17) is 0 Å². The fourth-order valence-electron chi connectivity index (χ4n) is 3.64. The third-order valence-electron chi connectivity index (χ3n) is 4.71. The number of likely N-dealkylation sites (tertiary alicyclic amines) is 1. The van der Waals surface area contributed by atoms with Gasteiger partial charge >= 0.3 is 0 Å². The van der Waals surface area contributed by atoms with Crippen LogP contribution in [0.3, 0.4) is 0 Å². The van der Waals surface area contributed by atoms with Crippen LogP contribution in [0.2, 0.25) is 0 Å². The molecule has 18 heavy (non-hydrogen) atoms. The van der Waals surface area contributed by atoms with E-state index in [1.54, 1.807) is 0 Å². The van der Waals surface area contributed by atoms with Crippen LogP contribution in [0.1, 0.15) is 43.6 Å². The van der Waals surface area contributed by atoms with Crippen LogP contribution >= 0.6 is 0 Å². The largest absolute Gasteiger partial charge is 0.391 e. The van der Waals surface area contributed by atoms with Crippen LogP contribution in [-0.4, -0.2) is 35.2 Å². The van der Waals surface area contributed by atoms with E-state index in [1.807, 2.05) is 0 Å². The molecule has 0 bridgehead atoms. The van der Waals surface area contributed by atoms with Crippen molar-refractivity contribution in [2.75, 3.05) is 13.1 Å². The predicted octanol–water partition coefficient (Wildman–Crippen LogP) is 2.78. The highest BCUT2D eigenvalue weighted by Crippen LogP contribution is 2.32. The van der Waals surface area contributed by atoms with Gasteiger partial charge in [0.1, 0.15) is 0 Å². The first-order valence-electron chi connectivity index (χ1n) is 7.31. The second-order valence-corrected chi connectivity index (χ2v) is 5.79. The minimum absolute atomic E-state index is 0.0710. The summed E-state index contributed by atoms with van der Waals surface area (Å²) in [5.41, 5.74) is 1.49. The molecule has 0 spiro atoms. The maximum Gasteiger partial charge on any atom is 0.0695 e. The Bertz CT molecular complexity index is 370. The number of rotatable bonds is 2. The zero-order chi connectivity index (χ0) is 12.4. The van der Waals surface area contributed by atoms with E-state index >= 15 is 0 Å². The summed E-state index contributed by atoms with van der Waals surface area (Å²) in [4.78, 5) is 2.52. The molecule has 1 saturated carbocycles. The van der Waals surface area contributed by atoms with Crippen molar-refractivity contribution in [2.24, 2.45) is 0 Å². The van der Waals surface area contributed by atoms with Crippen LogP contribution in [-0.2, 0) is 0 Å². The van der Waals surface area contributed by atoms with Crippen molar-refractivity contribution in [3.8, 4) is 0 Å². The van der Waals surface area contributed by atoms with Gasteiger partial charge in [-0.3, -0.25) is 4.90 Å². The highest BCUT2D eigenvalue weighted by atomic mass is 16.3. The molecular formula is C16H23NO. The van der Waals surface area contributed by atoms with Gasteiger partial charge in [0.2, 0.25) is 0 Å². The Kier molecular flexibility index (Phi) is 3.67. The van der Waals surface area contributed by atoms with Crippen LogP contribution in [0.15, 0.2) is 30.3 Å². The number of nitrogens with zero attached hydrogens (tertiary/aromatic N) is 1. The average Bonchev–Trinajstić information content (AvgIpc) is 2.86. The molecule has 2 nitrogen and oxygen atoms in total. The van der Waals surface area contributed by atoms with Gasteiger partial charge in [0.05, 0.1) is 6.10 Å². The van der Waals surface area contributed by atoms with E-state index in [0.717, 1.165) is 25.4 Å². The van der Waals surface area contributed by atoms with Crippen molar-refractivity contribution < 1.29 is 5.11 Å². The van der Waals surface area contributed by atoms with Crippen LogP contribution < -0.4 is 0 Å². The molecule has 2 heteroatoms. The summed E-state index contributed by atoms with van der Waals surface area (Å²) >= 11 is 0. The summed E-state index contributed by atoms with van der Waals surface area (Å²) in [5, 5.41) is 9.98. The van der Waals surface area contributed by atoms with Crippen LogP contribution in [0.25, 0.3) is 0 Å². The van der Waals surface area contributed by atoms with E-state index < -0.39 is 0 Å². The lowest BCUT2D eigenvalue weighted by atomic mass is 9.89. The lowest BCUT2D eigenvalue weighted by Crippen LogP contribution is -2.44. The first kappa shape index (κ1) is 12.2. The summed E-state index contributed by atoms with van der Waals surface area (Å²) < 4.78 is 0. The highest BCUT2D eigenvalue weighted by molar-refractivity contribution is 5.20. The van der Waals surface area contributed by atoms with Crippen LogP contribution in [0, 0.1) is 0 Å². The molecule has 1 heterocycles. The Morgan fingerprint density at radius 1 is 0.944 bits per heavy atom. The minimum atomic E-state index is -0.0710. The molecule has 1 aromatic rings. The monoisotopic (exact) mass is 245 g/mol. The topological polar surface area (TPSA) is 23.5 Å². The smallest absolute Gasteiger partial charge is 0.0695 e. The molecular weight excluding hydrogens is 222 g/mol. The number of hydrogen-bond acceptors (Lipinski definition) is 2. The van der Waals surface area contributed by atoms with Gasteiger partial charge in [-0.1, -0.05) is 30.3 Å². The van der Waals surface area contributed by atoms with E-state index in [9.17, 15) is 5.11 Å². The van der Waals surface area contributed by atoms with Gasteiger partial charge < -0.3 is 5.11 Å². The van der Waals surface area contributed by atoms with E-state index in [2.05, 4.69) is 35.2 Å². The van der Waals surface area contributed by atoms with Crippen molar-refractivity contribution in [3.05, 3.63) is 35.9 Å². The molecule has 0 unspecified atom stereocenters. The summed E-state index contributed by atoms with van der Waals surface area (Å²) in [5.74, 6) is 0.723. The molecule has 0 amide bonds. The van der Waals surface area contributed by atoms with Gasteiger partial charge in [-0.15, -0.1) is 0 Å². The van der Waals surface area contributed by atoms with Gasteiger partial charge in [0, 0.05) is 6.04 Å². The van der Waals surface area contributed by atoms with Gasteiger partial charge in [0.25, 0.3) is 0 Å². The fraction of sp³-hybridized carbons (Fsp3) is 0.625. The molecule has 2 aliphatic rings. The van der Waals surface area contributed by atoms with Gasteiger partial charge in [-0.2, -0.15) is 0 Å². The molecule has 1 aliphatic carbocycles. The SMILES string of the molecule is O[C@@H]1CCC[C@H]1N1CCC(c2ccccc2)CC1. The zero-order valence-corrected chi connectivity index (χ0v) is 11.0. The molecule has 3 rings (SSSR count). The number of piperidine rings is 1. The molecule has 98 valence electrons. The lowest BCUT2D eigenvalue weighted by molar-refractivity contribution is 0.0552. The molecule has 0 aromatic heterocycles. The predicted molar refractivity (Wildman–Crippen MR) is 73.6 cm³/mol. The number of hydrogen-bond donors (Lipinski definition) is 1. The first-order chi connectivity index (χ1) is 8.84. The van der Waals surface area contributed by atoms with Crippen molar-refractivity contribution in [3.63, 3.8) is 0 Å². The minimum Gasteiger partial charge on any atom is -0.391 e. The Morgan fingerprint density at radius 3 is 2.28 bits per heavy atom.